The second-order valence-corrected chi connectivity index (χ2v) is 8.95. The lowest BCUT2D eigenvalue weighted by Crippen LogP contribution is -2.32. The Kier molecular flexibility index (Phi) is 8.25. The first-order valence-corrected chi connectivity index (χ1v) is 11.7. The van der Waals surface area contributed by atoms with E-state index in [0.717, 1.165) is 6.26 Å². The fourth-order valence-electron chi connectivity index (χ4n) is 2.91. The molecule has 0 saturated carbocycles. The first-order chi connectivity index (χ1) is 14.1. The van der Waals surface area contributed by atoms with Crippen LogP contribution >= 0.6 is 11.6 Å². The van der Waals surface area contributed by atoms with E-state index in [-0.39, 0.29) is 37.5 Å². The first kappa shape index (κ1) is 23.7. The molecule has 7 nitrogen and oxygen atoms in total. The van der Waals surface area contributed by atoms with Crippen LogP contribution in [0.4, 0.5) is 11.4 Å². The minimum Gasteiger partial charge on any atom is -0.462 e. The number of hydrogen-bond donors (Lipinski definition) is 1. The lowest BCUT2D eigenvalue weighted by molar-refractivity contribution is -0.116. The molecular weight excluding hydrogens is 428 g/mol. The summed E-state index contributed by atoms with van der Waals surface area (Å²) in [5.41, 5.74) is 1.75. The highest BCUT2D eigenvalue weighted by Gasteiger charge is 2.20. The Hall–Kier alpha value is -2.58. The minimum absolute atomic E-state index is 0.0722. The van der Waals surface area contributed by atoms with Gasteiger partial charge >= 0.3 is 5.97 Å². The van der Waals surface area contributed by atoms with Crippen LogP contribution in [0.15, 0.2) is 42.5 Å². The maximum Gasteiger partial charge on any atom is 0.340 e. The monoisotopic (exact) mass is 452 g/mol. The van der Waals surface area contributed by atoms with Gasteiger partial charge in [-0.05, 0) is 50.1 Å². The lowest BCUT2D eigenvalue weighted by Gasteiger charge is -2.24. The molecule has 1 amide bonds. The highest BCUT2D eigenvalue weighted by molar-refractivity contribution is 7.92. The molecule has 0 fully saturated rings. The molecule has 0 aliphatic heterocycles. The van der Waals surface area contributed by atoms with Crippen LogP contribution in [0.2, 0.25) is 5.02 Å². The molecule has 0 spiro atoms. The number of benzene rings is 2. The number of halogens is 1. The third-order valence-corrected chi connectivity index (χ3v) is 5.96. The molecule has 2 aromatic carbocycles. The van der Waals surface area contributed by atoms with E-state index in [1.807, 2.05) is 0 Å². The Bertz CT molecular complexity index is 1020. The normalized spacial score (nSPS) is 11.1. The van der Waals surface area contributed by atoms with Gasteiger partial charge in [-0.3, -0.25) is 9.10 Å². The molecule has 0 aromatic heterocycles. The highest BCUT2D eigenvalue weighted by atomic mass is 35.5. The van der Waals surface area contributed by atoms with Crippen molar-refractivity contribution in [2.45, 2.75) is 26.7 Å². The zero-order chi connectivity index (χ0) is 22.3. The van der Waals surface area contributed by atoms with Gasteiger partial charge in [0, 0.05) is 18.0 Å². The van der Waals surface area contributed by atoms with Crippen LogP contribution in [-0.2, 0) is 19.6 Å². The van der Waals surface area contributed by atoms with Crippen LogP contribution in [0.5, 0.6) is 0 Å². The molecule has 9 heteroatoms. The quantitative estimate of drug-likeness (QED) is 0.580. The lowest BCUT2D eigenvalue weighted by atomic mass is 10.1. The number of anilines is 2. The van der Waals surface area contributed by atoms with Gasteiger partial charge in [0.25, 0.3) is 0 Å². The van der Waals surface area contributed by atoms with Crippen molar-refractivity contribution in [2.24, 2.45) is 0 Å². The summed E-state index contributed by atoms with van der Waals surface area (Å²) in [7, 11) is -3.56. The predicted octanol–water partition coefficient (Wildman–Crippen LogP) is 4.01. The second kappa shape index (κ2) is 10.4. The van der Waals surface area contributed by atoms with Crippen molar-refractivity contribution in [3.05, 3.63) is 58.6 Å². The smallest absolute Gasteiger partial charge is 0.340 e. The average molecular weight is 453 g/mol. The van der Waals surface area contributed by atoms with Crippen molar-refractivity contribution in [3.63, 3.8) is 0 Å². The van der Waals surface area contributed by atoms with Gasteiger partial charge in [-0.25, -0.2) is 13.2 Å². The van der Waals surface area contributed by atoms with E-state index < -0.39 is 16.0 Å². The van der Waals surface area contributed by atoms with Crippen molar-refractivity contribution < 1.29 is 22.7 Å². The number of hydrogen-bond acceptors (Lipinski definition) is 5. The molecule has 0 heterocycles. The fraction of sp³-hybridized carbons (Fsp3) is 0.333. The SMILES string of the molecule is CCOC(=O)c1ccccc1NC(=O)CCCN(c1cccc(Cl)c1C)S(C)(=O)=O. The average Bonchev–Trinajstić information content (AvgIpc) is 2.67. The molecule has 2 aromatic rings. The van der Waals surface area contributed by atoms with Crippen molar-refractivity contribution in [1.82, 2.24) is 0 Å². The van der Waals surface area contributed by atoms with Crippen LogP contribution < -0.4 is 9.62 Å². The molecule has 162 valence electrons. The Labute approximate surface area is 182 Å². The number of nitrogens with one attached hydrogen (secondary N) is 1. The van der Waals surface area contributed by atoms with Crippen LogP contribution in [0.3, 0.4) is 0 Å². The molecule has 0 radical (unpaired) electrons. The van der Waals surface area contributed by atoms with E-state index in [9.17, 15) is 18.0 Å². The van der Waals surface area contributed by atoms with Gasteiger partial charge in [-0.2, -0.15) is 0 Å². The molecule has 0 aliphatic rings. The largest absolute Gasteiger partial charge is 0.462 e. The third kappa shape index (κ3) is 6.21. The number of para-hydroxylation sites is 1. The summed E-state index contributed by atoms with van der Waals surface area (Å²) in [4.78, 5) is 24.4. The van der Waals surface area contributed by atoms with Gasteiger partial charge in [0.2, 0.25) is 15.9 Å². The standard InChI is InChI=1S/C21H25ClN2O5S/c1-4-29-21(26)16-9-5-6-11-18(16)23-20(25)13-8-14-24(30(3,27)28)19-12-7-10-17(22)15(19)2/h5-7,9-12H,4,8,13-14H2,1-3H3,(H,23,25). The van der Waals surface area contributed by atoms with Crippen LogP contribution in [0.25, 0.3) is 0 Å². The molecule has 1 N–H and O–H groups in total. The molecular formula is C21H25ClN2O5S. The number of nitrogens with zero attached hydrogens (tertiary/aromatic N) is 1. The van der Waals surface area contributed by atoms with Crippen LogP contribution in [0.1, 0.15) is 35.7 Å². The molecule has 0 aliphatic carbocycles. The number of sulfonamides is 1. The van der Waals surface area contributed by atoms with Gasteiger partial charge < -0.3 is 10.1 Å². The van der Waals surface area contributed by atoms with Crippen LogP contribution in [-0.4, -0.2) is 39.7 Å². The second-order valence-electron chi connectivity index (χ2n) is 6.64. The Balaban J connectivity index is 2.06. The summed E-state index contributed by atoms with van der Waals surface area (Å²) in [6.45, 7) is 3.79. The summed E-state index contributed by atoms with van der Waals surface area (Å²) >= 11 is 6.12. The number of carbonyl (C=O) groups excluding carboxylic acids is 2. The molecule has 0 atom stereocenters. The van der Waals surface area contributed by atoms with Gasteiger partial charge in [0.05, 0.1) is 29.8 Å². The van der Waals surface area contributed by atoms with Gasteiger partial charge in [0.1, 0.15) is 0 Å². The Morgan fingerprint density at radius 1 is 1.13 bits per heavy atom. The number of ether oxygens (including phenoxy) is 1. The van der Waals surface area contributed by atoms with Gasteiger partial charge in [-0.1, -0.05) is 29.8 Å². The van der Waals surface area contributed by atoms with E-state index in [0.29, 0.717) is 22.0 Å². The molecule has 0 unspecified atom stereocenters. The summed E-state index contributed by atoms with van der Waals surface area (Å²) in [5.74, 6) is -0.851. The van der Waals surface area contributed by atoms with Crippen molar-refractivity contribution in [2.75, 3.05) is 29.0 Å². The number of rotatable bonds is 9. The predicted molar refractivity (Wildman–Crippen MR) is 119 cm³/mol. The zero-order valence-corrected chi connectivity index (χ0v) is 18.7. The van der Waals surface area contributed by atoms with Crippen molar-refractivity contribution >= 4 is 44.9 Å². The Morgan fingerprint density at radius 3 is 2.50 bits per heavy atom. The molecule has 0 bridgehead atoms. The topological polar surface area (TPSA) is 92.8 Å². The molecule has 2 rings (SSSR count). The highest BCUT2D eigenvalue weighted by Crippen LogP contribution is 2.28. The maximum atomic E-state index is 12.4. The van der Waals surface area contributed by atoms with Gasteiger partial charge in [0.15, 0.2) is 0 Å². The molecule has 30 heavy (non-hydrogen) atoms. The van der Waals surface area contributed by atoms with Gasteiger partial charge in [-0.15, -0.1) is 0 Å². The Morgan fingerprint density at radius 2 is 1.83 bits per heavy atom. The zero-order valence-electron chi connectivity index (χ0n) is 17.1. The number of carbonyl (C=O) groups is 2. The van der Waals surface area contributed by atoms with E-state index in [4.69, 9.17) is 16.3 Å². The maximum absolute atomic E-state index is 12.4. The van der Waals surface area contributed by atoms with E-state index in [2.05, 4.69) is 5.32 Å². The van der Waals surface area contributed by atoms with Crippen molar-refractivity contribution in [1.29, 1.82) is 0 Å². The van der Waals surface area contributed by atoms with E-state index >= 15 is 0 Å². The third-order valence-electron chi connectivity index (χ3n) is 4.37. The summed E-state index contributed by atoms with van der Waals surface area (Å²) in [6, 6.07) is 11.6. The van der Waals surface area contributed by atoms with Crippen LogP contribution in [0, 0.1) is 6.92 Å². The summed E-state index contributed by atoms with van der Waals surface area (Å²) in [6.07, 6.45) is 1.47. The van der Waals surface area contributed by atoms with E-state index in [1.54, 1.807) is 56.3 Å². The first-order valence-electron chi connectivity index (χ1n) is 9.44. The summed E-state index contributed by atoms with van der Waals surface area (Å²) in [5, 5.41) is 3.16. The summed E-state index contributed by atoms with van der Waals surface area (Å²) < 4.78 is 30.8. The number of amides is 1. The molecule has 0 saturated heterocycles. The number of esters is 1. The van der Waals surface area contributed by atoms with E-state index in [1.165, 1.54) is 4.31 Å². The van der Waals surface area contributed by atoms with Crippen molar-refractivity contribution in [3.8, 4) is 0 Å². The fourth-order valence-corrected chi connectivity index (χ4v) is 4.09. The minimum atomic E-state index is -3.56.